The average Bonchev–Trinajstić information content (AvgIpc) is 3.13. The zero-order valence-corrected chi connectivity index (χ0v) is 16.5. The summed E-state index contributed by atoms with van der Waals surface area (Å²) in [6, 6.07) is 0.134. The second kappa shape index (κ2) is 9.24. The van der Waals surface area contributed by atoms with Crippen molar-refractivity contribution in [1.82, 2.24) is 15.1 Å². The summed E-state index contributed by atoms with van der Waals surface area (Å²) < 4.78 is 19.2. The molecule has 3 aliphatic rings. The van der Waals surface area contributed by atoms with Crippen LogP contribution < -0.4 is 11.1 Å². The number of nitrogen functional groups attached to an aromatic ring is 1. The molecular formula is C20H32N4O4. The van der Waals surface area contributed by atoms with E-state index in [4.69, 9.17) is 19.9 Å². The summed E-state index contributed by atoms with van der Waals surface area (Å²) in [7, 11) is 0. The van der Waals surface area contributed by atoms with Gasteiger partial charge >= 0.3 is 0 Å². The normalized spacial score (nSPS) is 31.4. The topological polar surface area (TPSA) is 101 Å². The summed E-state index contributed by atoms with van der Waals surface area (Å²) in [6.45, 7) is 1.53. The van der Waals surface area contributed by atoms with Crippen LogP contribution >= 0.6 is 0 Å². The van der Waals surface area contributed by atoms with Gasteiger partial charge in [-0.2, -0.15) is 5.10 Å². The Balaban J connectivity index is 1.26. The predicted octanol–water partition coefficient (Wildman–Crippen LogP) is 2.75. The van der Waals surface area contributed by atoms with E-state index in [1.807, 2.05) is 0 Å². The average molecular weight is 393 g/mol. The quantitative estimate of drug-likeness (QED) is 0.799. The number of rotatable bonds is 5. The van der Waals surface area contributed by atoms with Crippen molar-refractivity contribution >= 4 is 11.6 Å². The molecule has 1 saturated carbocycles. The number of nitrogens with zero attached hydrogens (tertiary/aromatic N) is 2. The Kier molecular flexibility index (Phi) is 6.49. The second-order valence-corrected chi connectivity index (χ2v) is 8.11. The molecule has 8 heteroatoms. The minimum atomic E-state index is -0.202. The number of amides is 1. The number of nitrogens with one attached hydrogen (secondary N) is 1. The number of carbonyl (C=O) groups excluding carboxylic acids is 1. The summed E-state index contributed by atoms with van der Waals surface area (Å²) >= 11 is 0. The minimum Gasteiger partial charge on any atom is -0.396 e. The highest BCUT2D eigenvalue weighted by molar-refractivity contribution is 5.97. The number of hydrogen-bond acceptors (Lipinski definition) is 6. The summed E-state index contributed by atoms with van der Waals surface area (Å²) in [4.78, 5) is 12.7. The molecule has 2 atom stereocenters. The monoisotopic (exact) mass is 392 g/mol. The maximum atomic E-state index is 12.7. The van der Waals surface area contributed by atoms with Crippen LogP contribution in [0.3, 0.4) is 0 Å². The molecule has 1 aliphatic carbocycles. The molecule has 1 aromatic heterocycles. The lowest BCUT2D eigenvalue weighted by atomic mass is 9.92. The number of ether oxygens (including phenoxy) is 3. The van der Waals surface area contributed by atoms with Gasteiger partial charge < -0.3 is 25.3 Å². The van der Waals surface area contributed by atoms with E-state index in [0.717, 1.165) is 71.0 Å². The highest BCUT2D eigenvalue weighted by Crippen LogP contribution is 2.26. The molecule has 3 fully saturated rings. The molecule has 1 aromatic rings. The molecule has 2 saturated heterocycles. The molecule has 8 nitrogen and oxygen atoms in total. The molecule has 0 bridgehead atoms. The summed E-state index contributed by atoms with van der Waals surface area (Å²) in [6.07, 6.45) is 11.8. The molecule has 4 rings (SSSR count). The molecule has 0 unspecified atom stereocenters. The third-order valence-electron chi connectivity index (χ3n) is 5.92. The first-order chi connectivity index (χ1) is 13.7. The Morgan fingerprint density at radius 3 is 2.50 bits per heavy atom. The standard InChI is InChI=1S/C20H32N4O4/c21-16-13-24(17-5-1-3-11-26-17)23-19(16)20(25)22-14-7-9-15(10-8-14)28-18-6-2-4-12-27-18/h13-15,17-18H,1-12,21H2,(H,22,25)/t14?,15?,17-,18-/m0/s1. The van der Waals surface area contributed by atoms with Crippen LogP contribution in [0.15, 0.2) is 6.20 Å². The van der Waals surface area contributed by atoms with Gasteiger partial charge in [0, 0.05) is 19.3 Å². The van der Waals surface area contributed by atoms with Gasteiger partial charge in [-0.25, -0.2) is 4.68 Å². The van der Waals surface area contributed by atoms with Crippen LogP contribution in [0.25, 0.3) is 0 Å². The lowest BCUT2D eigenvalue weighted by Crippen LogP contribution is -2.40. The van der Waals surface area contributed by atoms with E-state index in [9.17, 15) is 4.79 Å². The fourth-order valence-corrected chi connectivity index (χ4v) is 4.29. The maximum Gasteiger partial charge on any atom is 0.274 e. The number of aromatic nitrogens is 2. The smallest absolute Gasteiger partial charge is 0.274 e. The second-order valence-electron chi connectivity index (χ2n) is 8.11. The molecule has 156 valence electrons. The Bertz CT molecular complexity index is 645. The van der Waals surface area contributed by atoms with Gasteiger partial charge in [-0.1, -0.05) is 0 Å². The van der Waals surface area contributed by atoms with Gasteiger partial charge in [-0.05, 0) is 64.2 Å². The zero-order valence-electron chi connectivity index (χ0n) is 16.5. The summed E-state index contributed by atoms with van der Waals surface area (Å²) in [5.74, 6) is -0.202. The molecular weight excluding hydrogens is 360 g/mol. The first-order valence-corrected chi connectivity index (χ1v) is 10.7. The van der Waals surface area contributed by atoms with Gasteiger partial charge in [0.15, 0.2) is 12.0 Å². The summed E-state index contributed by atoms with van der Waals surface area (Å²) in [5.41, 5.74) is 6.74. The van der Waals surface area contributed by atoms with E-state index in [-0.39, 0.29) is 30.6 Å². The molecule has 0 radical (unpaired) electrons. The van der Waals surface area contributed by atoms with Crippen LogP contribution in [-0.4, -0.2) is 47.3 Å². The van der Waals surface area contributed by atoms with Crippen molar-refractivity contribution in [2.75, 3.05) is 18.9 Å². The van der Waals surface area contributed by atoms with Crippen LogP contribution in [-0.2, 0) is 14.2 Å². The van der Waals surface area contributed by atoms with E-state index < -0.39 is 0 Å². The van der Waals surface area contributed by atoms with Crippen molar-refractivity contribution in [1.29, 1.82) is 0 Å². The number of anilines is 1. The fraction of sp³-hybridized carbons (Fsp3) is 0.800. The Morgan fingerprint density at radius 1 is 1.07 bits per heavy atom. The molecule has 3 N–H and O–H groups in total. The molecule has 1 amide bonds. The van der Waals surface area contributed by atoms with E-state index in [1.165, 1.54) is 6.42 Å². The number of hydrogen-bond donors (Lipinski definition) is 2. The van der Waals surface area contributed by atoms with Crippen molar-refractivity contribution in [3.8, 4) is 0 Å². The minimum absolute atomic E-state index is 0.0457. The Hall–Kier alpha value is -1.64. The molecule has 2 aliphatic heterocycles. The first kappa shape index (κ1) is 19.7. The van der Waals surface area contributed by atoms with Crippen LogP contribution in [0.5, 0.6) is 0 Å². The third-order valence-corrected chi connectivity index (χ3v) is 5.92. The van der Waals surface area contributed by atoms with E-state index in [2.05, 4.69) is 10.4 Å². The van der Waals surface area contributed by atoms with Crippen molar-refractivity contribution in [2.45, 2.75) is 88.9 Å². The van der Waals surface area contributed by atoms with Gasteiger partial charge in [0.25, 0.3) is 5.91 Å². The van der Waals surface area contributed by atoms with Gasteiger partial charge in [-0.15, -0.1) is 0 Å². The largest absolute Gasteiger partial charge is 0.396 e. The van der Waals surface area contributed by atoms with E-state index in [0.29, 0.717) is 11.4 Å². The third kappa shape index (κ3) is 4.85. The van der Waals surface area contributed by atoms with Gasteiger partial charge in [0.05, 0.1) is 18.0 Å². The number of carbonyl (C=O) groups is 1. The highest BCUT2D eigenvalue weighted by Gasteiger charge is 2.28. The van der Waals surface area contributed by atoms with Gasteiger partial charge in [-0.3, -0.25) is 4.79 Å². The summed E-state index contributed by atoms with van der Waals surface area (Å²) in [5, 5.41) is 7.50. The molecule has 0 aromatic carbocycles. The molecule has 0 spiro atoms. The fourth-order valence-electron chi connectivity index (χ4n) is 4.29. The van der Waals surface area contributed by atoms with Gasteiger partial charge in [0.1, 0.15) is 6.23 Å². The van der Waals surface area contributed by atoms with Crippen LogP contribution in [0.1, 0.15) is 80.9 Å². The lowest BCUT2D eigenvalue weighted by molar-refractivity contribution is -0.193. The van der Waals surface area contributed by atoms with E-state index in [1.54, 1.807) is 10.9 Å². The van der Waals surface area contributed by atoms with Crippen LogP contribution in [0.2, 0.25) is 0 Å². The zero-order chi connectivity index (χ0) is 19.3. The highest BCUT2D eigenvalue weighted by atomic mass is 16.7. The molecule has 3 heterocycles. The van der Waals surface area contributed by atoms with Crippen LogP contribution in [0.4, 0.5) is 5.69 Å². The van der Waals surface area contributed by atoms with Crippen LogP contribution in [0, 0.1) is 0 Å². The predicted molar refractivity (Wildman–Crippen MR) is 104 cm³/mol. The number of nitrogens with two attached hydrogens (primary N) is 1. The van der Waals surface area contributed by atoms with Gasteiger partial charge in [0.2, 0.25) is 0 Å². The van der Waals surface area contributed by atoms with Crippen molar-refractivity contribution in [2.24, 2.45) is 0 Å². The van der Waals surface area contributed by atoms with Crippen molar-refractivity contribution in [3.05, 3.63) is 11.9 Å². The van der Waals surface area contributed by atoms with Crippen molar-refractivity contribution < 1.29 is 19.0 Å². The first-order valence-electron chi connectivity index (χ1n) is 10.7. The lowest BCUT2D eigenvalue weighted by Gasteiger charge is -2.32. The van der Waals surface area contributed by atoms with E-state index >= 15 is 0 Å². The van der Waals surface area contributed by atoms with Crippen molar-refractivity contribution in [3.63, 3.8) is 0 Å². The maximum absolute atomic E-state index is 12.7. The SMILES string of the molecule is Nc1cn([C@@H]2CCCCO2)nc1C(=O)NC1CCC(O[C@H]2CCCCO2)CC1. The molecule has 28 heavy (non-hydrogen) atoms. The Morgan fingerprint density at radius 2 is 1.82 bits per heavy atom. The Labute approximate surface area is 166 Å².